The highest BCUT2D eigenvalue weighted by molar-refractivity contribution is 7.85. The lowest BCUT2D eigenvalue weighted by Crippen LogP contribution is -2.49. The molecule has 3 saturated heterocycles. The highest BCUT2D eigenvalue weighted by Crippen LogP contribution is 2.32. The lowest BCUT2D eigenvalue weighted by Gasteiger charge is -2.44. The van der Waals surface area contributed by atoms with E-state index < -0.39 is 10.1 Å². The molecule has 0 amide bonds. The first-order valence-electron chi connectivity index (χ1n) is 4.72. The predicted octanol–water partition coefficient (Wildman–Crippen LogP) is 0.216. The molecule has 3 rings (SSSR count). The van der Waals surface area contributed by atoms with Crippen molar-refractivity contribution in [3.05, 3.63) is 0 Å². The van der Waals surface area contributed by atoms with Crippen molar-refractivity contribution in [3.63, 3.8) is 0 Å². The van der Waals surface area contributed by atoms with E-state index in [2.05, 4.69) is 4.90 Å². The lowest BCUT2D eigenvalue weighted by atomic mass is 9.80. The summed E-state index contributed by atoms with van der Waals surface area (Å²) in [5, 5.41) is 0. The van der Waals surface area contributed by atoms with Gasteiger partial charge in [0.15, 0.2) is 0 Å². The minimum absolute atomic E-state index is 0.0475. The normalized spacial score (nSPS) is 39.3. The van der Waals surface area contributed by atoms with Gasteiger partial charge in [0.25, 0.3) is 10.1 Å². The zero-order chi connectivity index (χ0) is 9.47. The third-order valence-electron chi connectivity index (χ3n) is 3.22. The minimum Gasteiger partial charge on any atom is -0.303 e. The summed E-state index contributed by atoms with van der Waals surface area (Å²) >= 11 is 0. The second kappa shape index (κ2) is 3.22. The van der Waals surface area contributed by atoms with Crippen LogP contribution < -0.4 is 0 Å². The quantitative estimate of drug-likeness (QED) is 0.655. The van der Waals surface area contributed by atoms with Crippen molar-refractivity contribution in [3.8, 4) is 0 Å². The molecule has 0 aliphatic carbocycles. The van der Waals surface area contributed by atoms with Crippen molar-refractivity contribution in [1.82, 2.24) is 4.90 Å². The first-order valence-corrected chi connectivity index (χ1v) is 6.33. The van der Waals surface area contributed by atoms with E-state index in [1.165, 1.54) is 0 Å². The van der Waals surface area contributed by atoms with Crippen molar-refractivity contribution in [2.75, 3.05) is 25.4 Å². The summed E-state index contributed by atoms with van der Waals surface area (Å²) in [5.74, 6) is 0.637. The van der Waals surface area contributed by atoms with Gasteiger partial charge in [-0.3, -0.25) is 4.55 Å². The number of hydrogen-bond donors (Lipinski definition) is 1. The summed E-state index contributed by atoms with van der Waals surface area (Å²) in [4.78, 5) is 2.29. The molecule has 1 unspecified atom stereocenters. The number of nitrogens with zero attached hydrogens (tertiary/aromatic N) is 1. The number of piperidine rings is 3. The maximum absolute atomic E-state index is 10.7. The van der Waals surface area contributed by atoms with Crippen molar-refractivity contribution < 1.29 is 13.0 Å². The van der Waals surface area contributed by atoms with Crippen LogP contribution in [0.25, 0.3) is 0 Å². The molecule has 0 radical (unpaired) electrons. The molecular formula is C8H15NO3S. The van der Waals surface area contributed by atoms with Crippen LogP contribution in [0, 0.1) is 11.8 Å². The van der Waals surface area contributed by atoms with Gasteiger partial charge in [-0.1, -0.05) is 0 Å². The molecule has 3 aliphatic heterocycles. The van der Waals surface area contributed by atoms with Gasteiger partial charge < -0.3 is 4.90 Å². The Hall–Kier alpha value is -0.130. The molecule has 2 bridgehead atoms. The summed E-state index contributed by atoms with van der Waals surface area (Å²) in [5.41, 5.74) is 0. The van der Waals surface area contributed by atoms with E-state index in [9.17, 15) is 8.42 Å². The van der Waals surface area contributed by atoms with Crippen LogP contribution in [-0.2, 0) is 10.1 Å². The molecule has 13 heavy (non-hydrogen) atoms. The van der Waals surface area contributed by atoms with Crippen LogP contribution in [0.3, 0.4) is 0 Å². The standard InChI is InChI=1S/C8H15NO3S/c10-13(11,12)6-8-5-9-3-1-7(8)2-4-9/h7-8H,1-6H2,(H,10,11,12). The minimum atomic E-state index is -3.77. The Morgan fingerprint density at radius 1 is 1.31 bits per heavy atom. The Labute approximate surface area is 78.7 Å². The molecule has 1 atom stereocenters. The Kier molecular flexibility index (Phi) is 2.33. The third kappa shape index (κ3) is 2.21. The van der Waals surface area contributed by atoms with Gasteiger partial charge in [-0.2, -0.15) is 8.42 Å². The zero-order valence-corrected chi connectivity index (χ0v) is 8.33. The molecule has 0 aromatic rings. The molecule has 0 aromatic heterocycles. The van der Waals surface area contributed by atoms with Crippen molar-refractivity contribution in [1.29, 1.82) is 0 Å². The Bertz CT molecular complexity index is 280. The highest BCUT2D eigenvalue weighted by atomic mass is 32.2. The SMILES string of the molecule is O=S(=O)(O)CC1CN2CCC1CC2. The molecular weight excluding hydrogens is 190 g/mol. The summed E-state index contributed by atoms with van der Waals surface area (Å²) in [6.45, 7) is 3.06. The average molecular weight is 205 g/mol. The van der Waals surface area contributed by atoms with E-state index in [1.807, 2.05) is 0 Å². The van der Waals surface area contributed by atoms with Crippen LogP contribution >= 0.6 is 0 Å². The van der Waals surface area contributed by atoms with Gasteiger partial charge >= 0.3 is 0 Å². The van der Waals surface area contributed by atoms with E-state index in [0.29, 0.717) is 5.92 Å². The second-order valence-corrected chi connectivity index (χ2v) is 5.64. The summed E-state index contributed by atoms with van der Waals surface area (Å²) in [6.07, 6.45) is 2.19. The van der Waals surface area contributed by atoms with Crippen LogP contribution in [0.1, 0.15) is 12.8 Å². The largest absolute Gasteiger partial charge is 0.303 e. The monoisotopic (exact) mass is 205 g/mol. The molecule has 1 N–H and O–H groups in total. The third-order valence-corrected chi connectivity index (χ3v) is 4.07. The van der Waals surface area contributed by atoms with E-state index in [4.69, 9.17) is 4.55 Å². The van der Waals surface area contributed by atoms with Gasteiger partial charge in [-0.15, -0.1) is 0 Å². The summed E-state index contributed by atoms with van der Waals surface area (Å²) < 4.78 is 30.2. The van der Waals surface area contributed by atoms with Crippen LogP contribution in [-0.4, -0.2) is 43.3 Å². The number of rotatable bonds is 2. The first kappa shape index (κ1) is 9.43. The van der Waals surface area contributed by atoms with Crippen LogP contribution in [0.15, 0.2) is 0 Å². The van der Waals surface area contributed by atoms with Crippen LogP contribution in [0.2, 0.25) is 0 Å². The molecule has 4 nitrogen and oxygen atoms in total. The van der Waals surface area contributed by atoms with E-state index in [-0.39, 0.29) is 11.7 Å². The van der Waals surface area contributed by atoms with Gasteiger partial charge in [-0.25, -0.2) is 0 Å². The maximum atomic E-state index is 10.7. The van der Waals surface area contributed by atoms with Crippen molar-refractivity contribution in [2.24, 2.45) is 11.8 Å². The fourth-order valence-corrected chi connectivity index (χ4v) is 3.47. The Balaban J connectivity index is 2.01. The maximum Gasteiger partial charge on any atom is 0.265 e. The average Bonchev–Trinajstić information content (AvgIpc) is 2.03. The Morgan fingerprint density at radius 2 is 1.92 bits per heavy atom. The molecule has 5 heteroatoms. The smallest absolute Gasteiger partial charge is 0.265 e. The molecule has 0 spiro atoms. The topological polar surface area (TPSA) is 57.6 Å². The first-order chi connectivity index (χ1) is 6.04. The number of fused-ring (bicyclic) bond motifs is 3. The highest BCUT2D eigenvalue weighted by Gasteiger charge is 2.35. The molecule has 0 aromatic carbocycles. The number of hydrogen-bond acceptors (Lipinski definition) is 3. The zero-order valence-electron chi connectivity index (χ0n) is 7.52. The summed E-state index contributed by atoms with van der Waals surface area (Å²) in [7, 11) is -3.77. The van der Waals surface area contributed by atoms with Crippen molar-refractivity contribution >= 4 is 10.1 Å². The molecule has 0 saturated carbocycles. The fourth-order valence-electron chi connectivity index (χ4n) is 2.55. The van der Waals surface area contributed by atoms with E-state index >= 15 is 0 Å². The molecule has 3 fully saturated rings. The fraction of sp³-hybridized carbons (Fsp3) is 1.00. The molecule has 76 valence electrons. The van der Waals surface area contributed by atoms with Gasteiger partial charge in [0.2, 0.25) is 0 Å². The van der Waals surface area contributed by atoms with Crippen LogP contribution in [0.5, 0.6) is 0 Å². The van der Waals surface area contributed by atoms with Gasteiger partial charge in [0, 0.05) is 6.54 Å². The molecule has 3 aliphatic rings. The van der Waals surface area contributed by atoms with Gasteiger partial charge in [0.1, 0.15) is 0 Å². The lowest BCUT2D eigenvalue weighted by molar-refractivity contribution is 0.0610. The second-order valence-electron chi connectivity index (χ2n) is 4.15. The predicted molar refractivity (Wildman–Crippen MR) is 49.1 cm³/mol. The van der Waals surface area contributed by atoms with Gasteiger partial charge in [-0.05, 0) is 37.8 Å². The van der Waals surface area contributed by atoms with Crippen molar-refractivity contribution in [2.45, 2.75) is 12.8 Å². The van der Waals surface area contributed by atoms with Crippen LogP contribution in [0.4, 0.5) is 0 Å². The Morgan fingerprint density at radius 3 is 2.31 bits per heavy atom. The van der Waals surface area contributed by atoms with E-state index in [0.717, 1.165) is 32.5 Å². The summed E-state index contributed by atoms with van der Waals surface area (Å²) in [6, 6.07) is 0. The van der Waals surface area contributed by atoms with Gasteiger partial charge in [0.05, 0.1) is 5.75 Å². The van der Waals surface area contributed by atoms with E-state index in [1.54, 1.807) is 0 Å². The molecule has 3 heterocycles.